The van der Waals surface area contributed by atoms with Crippen LogP contribution in [0.2, 0.25) is 0 Å². The van der Waals surface area contributed by atoms with E-state index in [1.54, 1.807) is 0 Å². The summed E-state index contributed by atoms with van der Waals surface area (Å²) in [6, 6.07) is 2.40. The molecule has 18 heavy (non-hydrogen) atoms. The zero-order valence-corrected chi connectivity index (χ0v) is 11.2. The fraction of sp³-hybridized carbons (Fsp3) is 0.692. The quantitative estimate of drug-likeness (QED) is 0.842. The molecule has 1 aliphatic heterocycles. The molecule has 0 aliphatic carbocycles. The van der Waals surface area contributed by atoms with Crippen molar-refractivity contribution in [1.82, 2.24) is 19.8 Å². The molecule has 1 unspecified atom stereocenters. The minimum Gasteiger partial charge on any atom is -0.333 e. The zero-order valence-electron chi connectivity index (χ0n) is 11.2. The Bertz CT molecular complexity index is 433. The van der Waals surface area contributed by atoms with E-state index in [9.17, 15) is 5.26 Å². The van der Waals surface area contributed by atoms with Gasteiger partial charge in [-0.15, -0.1) is 0 Å². The highest BCUT2D eigenvalue weighted by atomic mass is 15.2. The van der Waals surface area contributed by atoms with E-state index >= 15 is 0 Å². The molecule has 5 heteroatoms. The summed E-state index contributed by atoms with van der Waals surface area (Å²) in [7, 11) is 0. The van der Waals surface area contributed by atoms with Gasteiger partial charge in [0.15, 0.2) is 0 Å². The van der Waals surface area contributed by atoms with Crippen LogP contribution in [0.5, 0.6) is 0 Å². The van der Waals surface area contributed by atoms with Crippen molar-refractivity contribution in [3.63, 3.8) is 0 Å². The molecule has 0 radical (unpaired) electrons. The molecule has 1 aromatic rings. The summed E-state index contributed by atoms with van der Waals surface area (Å²) in [6.07, 6.45) is 4.91. The highest BCUT2D eigenvalue weighted by Crippen LogP contribution is 2.14. The number of aromatic nitrogens is 2. The lowest BCUT2D eigenvalue weighted by molar-refractivity contribution is 0.178. The number of rotatable bonds is 5. The van der Waals surface area contributed by atoms with E-state index in [-0.39, 0.29) is 0 Å². The number of nitriles is 1. The number of hydrogen-bond donors (Lipinski definition) is 1. The van der Waals surface area contributed by atoms with Crippen LogP contribution in [0.1, 0.15) is 26.1 Å². The molecule has 1 N–H and O–H groups in total. The van der Waals surface area contributed by atoms with Crippen molar-refractivity contribution in [3.05, 3.63) is 18.2 Å². The average Bonchev–Trinajstić information content (AvgIpc) is 2.84. The molecule has 2 rings (SSSR count). The van der Waals surface area contributed by atoms with E-state index in [4.69, 9.17) is 0 Å². The molecule has 0 spiro atoms. The first-order valence-corrected chi connectivity index (χ1v) is 6.55. The van der Waals surface area contributed by atoms with Crippen molar-refractivity contribution in [2.45, 2.75) is 38.9 Å². The third kappa shape index (κ3) is 2.89. The van der Waals surface area contributed by atoms with Crippen molar-refractivity contribution in [1.29, 1.82) is 5.26 Å². The topological polar surface area (TPSA) is 56.9 Å². The van der Waals surface area contributed by atoms with Gasteiger partial charge in [0, 0.05) is 32.0 Å². The lowest BCUT2D eigenvalue weighted by Gasteiger charge is -2.33. The maximum Gasteiger partial charge on any atom is 0.122 e. The van der Waals surface area contributed by atoms with Crippen molar-refractivity contribution in [2.24, 2.45) is 0 Å². The molecule has 0 bridgehead atoms. The van der Waals surface area contributed by atoms with Crippen LogP contribution >= 0.6 is 0 Å². The minimum absolute atomic E-state index is 0.467. The molecule has 0 fully saturated rings. The Morgan fingerprint density at radius 3 is 3.11 bits per heavy atom. The Morgan fingerprint density at radius 2 is 2.39 bits per heavy atom. The summed E-state index contributed by atoms with van der Waals surface area (Å²) in [6.45, 7) is 8.49. The third-order valence-electron chi connectivity index (χ3n) is 3.38. The van der Waals surface area contributed by atoms with Crippen molar-refractivity contribution >= 4 is 0 Å². The van der Waals surface area contributed by atoms with Gasteiger partial charge in [-0.2, -0.15) is 5.26 Å². The fourth-order valence-corrected chi connectivity index (χ4v) is 2.34. The number of hydrogen-bond acceptors (Lipinski definition) is 4. The molecule has 0 saturated carbocycles. The smallest absolute Gasteiger partial charge is 0.122 e. The van der Waals surface area contributed by atoms with Gasteiger partial charge in [-0.05, 0) is 19.9 Å². The predicted octanol–water partition coefficient (Wildman–Crippen LogP) is 0.981. The summed E-state index contributed by atoms with van der Waals surface area (Å²) in [5, 5.41) is 12.7. The predicted molar refractivity (Wildman–Crippen MR) is 69.8 cm³/mol. The fourth-order valence-electron chi connectivity index (χ4n) is 2.34. The molecule has 1 atom stereocenters. The lowest BCUT2D eigenvalue weighted by atomic mass is 10.0. The first kappa shape index (κ1) is 13.1. The standard InChI is InChI=1S/C13H21N5/c1-3-4-16-13(2,10-14)11-17-7-8-18-6-5-15-12(18)9-17/h5-6,16H,3-4,7-9,11H2,1-2H3. The van der Waals surface area contributed by atoms with Gasteiger partial charge in [-0.3, -0.25) is 10.2 Å². The molecular formula is C13H21N5. The summed E-state index contributed by atoms with van der Waals surface area (Å²) < 4.78 is 2.18. The van der Waals surface area contributed by atoms with Crippen LogP contribution in [-0.4, -0.2) is 39.6 Å². The van der Waals surface area contributed by atoms with Crippen LogP contribution in [0.25, 0.3) is 0 Å². The Hall–Kier alpha value is -1.38. The molecular weight excluding hydrogens is 226 g/mol. The molecule has 98 valence electrons. The first-order chi connectivity index (χ1) is 8.67. The van der Waals surface area contributed by atoms with Gasteiger partial charge in [-0.25, -0.2) is 4.98 Å². The largest absolute Gasteiger partial charge is 0.333 e. The van der Waals surface area contributed by atoms with E-state index < -0.39 is 5.54 Å². The van der Waals surface area contributed by atoms with Crippen molar-refractivity contribution < 1.29 is 0 Å². The lowest BCUT2D eigenvalue weighted by Crippen LogP contribution is -2.52. The maximum absolute atomic E-state index is 9.34. The summed E-state index contributed by atoms with van der Waals surface area (Å²) in [4.78, 5) is 6.64. The SMILES string of the molecule is CCCNC(C)(C#N)CN1CCn2ccnc2C1. The third-order valence-corrected chi connectivity index (χ3v) is 3.38. The monoisotopic (exact) mass is 247 g/mol. The van der Waals surface area contributed by atoms with Gasteiger partial charge in [-0.1, -0.05) is 6.92 Å². The maximum atomic E-state index is 9.34. The second-order valence-corrected chi connectivity index (χ2v) is 5.12. The van der Waals surface area contributed by atoms with E-state index in [1.807, 2.05) is 19.3 Å². The van der Waals surface area contributed by atoms with E-state index in [2.05, 4.69) is 32.8 Å². The average molecular weight is 247 g/mol. The Kier molecular flexibility index (Phi) is 4.00. The van der Waals surface area contributed by atoms with Gasteiger partial charge in [0.2, 0.25) is 0 Å². The molecule has 1 aliphatic rings. The Balaban J connectivity index is 1.96. The number of nitrogens with one attached hydrogen (secondary N) is 1. The number of imidazole rings is 1. The second kappa shape index (κ2) is 5.51. The Morgan fingerprint density at radius 1 is 1.56 bits per heavy atom. The van der Waals surface area contributed by atoms with Crippen molar-refractivity contribution in [3.8, 4) is 6.07 Å². The van der Waals surface area contributed by atoms with Crippen LogP contribution in [0.4, 0.5) is 0 Å². The van der Waals surface area contributed by atoms with E-state index in [0.717, 1.165) is 45.0 Å². The highest BCUT2D eigenvalue weighted by Gasteiger charge is 2.28. The summed E-state index contributed by atoms with van der Waals surface area (Å²) >= 11 is 0. The minimum atomic E-state index is -0.467. The second-order valence-electron chi connectivity index (χ2n) is 5.12. The first-order valence-electron chi connectivity index (χ1n) is 6.55. The van der Waals surface area contributed by atoms with Crippen molar-refractivity contribution in [2.75, 3.05) is 19.6 Å². The number of nitrogens with zero attached hydrogens (tertiary/aromatic N) is 4. The van der Waals surface area contributed by atoms with Crippen LogP contribution in [-0.2, 0) is 13.1 Å². The molecule has 0 amide bonds. The van der Waals surface area contributed by atoms with Gasteiger partial charge < -0.3 is 4.57 Å². The van der Waals surface area contributed by atoms with E-state index in [1.165, 1.54) is 0 Å². The van der Waals surface area contributed by atoms with Gasteiger partial charge in [0.1, 0.15) is 11.4 Å². The van der Waals surface area contributed by atoms with Crippen LogP contribution in [0.15, 0.2) is 12.4 Å². The van der Waals surface area contributed by atoms with Crippen LogP contribution in [0, 0.1) is 11.3 Å². The van der Waals surface area contributed by atoms with Gasteiger partial charge in [0.05, 0.1) is 12.6 Å². The van der Waals surface area contributed by atoms with E-state index in [0.29, 0.717) is 0 Å². The Labute approximate surface area is 108 Å². The van der Waals surface area contributed by atoms with Crippen LogP contribution < -0.4 is 5.32 Å². The molecule has 0 aromatic carbocycles. The molecule has 0 saturated heterocycles. The summed E-state index contributed by atoms with van der Waals surface area (Å²) in [5.41, 5.74) is -0.467. The normalized spacial score (nSPS) is 18.9. The summed E-state index contributed by atoms with van der Waals surface area (Å²) in [5.74, 6) is 1.09. The molecule has 2 heterocycles. The van der Waals surface area contributed by atoms with Crippen LogP contribution in [0.3, 0.4) is 0 Å². The molecule has 1 aromatic heterocycles. The highest BCUT2D eigenvalue weighted by molar-refractivity contribution is 5.07. The van der Waals surface area contributed by atoms with Gasteiger partial charge in [0.25, 0.3) is 0 Å². The zero-order chi connectivity index (χ0) is 13.0. The molecule has 5 nitrogen and oxygen atoms in total. The van der Waals surface area contributed by atoms with Gasteiger partial charge >= 0.3 is 0 Å². The number of fused-ring (bicyclic) bond motifs is 1.